The molecule has 1 saturated heterocycles. The van der Waals surface area contributed by atoms with Crippen LogP contribution in [-0.4, -0.2) is 30.9 Å². The van der Waals surface area contributed by atoms with Crippen LogP contribution in [-0.2, 0) is 11.3 Å². The lowest BCUT2D eigenvalue weighted by Crippen LogP contribution is -2.28. The number of hydrogen-bond donors (Lipinski definition) is 1. The standard InChI is InChI=1S/C12H17ClN2OS.ClH/c1-15(8-10-2-3-11(13)17-10)12(16)6-9-4-5-14-7-9;/h2-3,9,14H,4-8H2,1H3;1H. The van der Waals surface area contributed by atoms with Crippen molar-refractivity contribution in [1.82, 2.24) is 10.2 Å². The van der Waals surface area contributed by atoms with Crippen LogP contribution in [0.5, 0.6) is 0 Å². The zero-order chi connectivity index (χ0) is 12.3. The first-order valence-corrected chi connectivity index (χ1v) is 7.03. The molecule has 1 aromatic rings. The Labute approximate surface area is 123 Å². The van der Waals surface area contributed by atoms with Crippen molar-refractivity contribution in [3.63, 3.8) is 0 Å². The molecule has 1 aromatic heterocycles. The van der Waals surface area contributed by atoms with Crippen LogP contribution in [0.3, 0.4) is 0 Å². The smallest absolute Gasteiger partial charge is 0.222 e. The predicted molar refractivity (Wildman–Crippen MR) is 78.6 cm³/mol. The fourth-order valence-electron chi connectivity index (χ4n) is 2.05. The van der Waals surface area contributed by atoms with Crippen molar-refractivity contribution < 1.29 is 4.79 Å². The number of amides is 1. The van der Waals surface area contributed by atoms with Crippen LogP contribution in [0.1, 0.15) is 17.7 Å². The molecule has 0 aliphatic carbocycles. The molecule has 6 heteroatoms. The number of thiophene rings is 1. The molecule has 2 rings (SSSR count). The van der Waals surface area contributed by atoms with E-state index in [-0.39, 0.29) is 18.3 Å². The van der Waals surface area contributed by atoms with Crippen LogP contribution in [0.4, 0.5) is 0 Å². The average Bonchev–Trinajstić information content (AvgIpc) is 2.90. The van der Waals surface area contributed by atoms with Crippen LogP contribution in [0.15, 0.2) is 12.1 Å². The van der Waals surface area contributed by atoms with Gasteiger partial charge in [-0.3, -0.25) is 4.79 Å². The molecule has 1 atom stereocenters. The topological polar surface area (TPSA) is 32.3 Å². The van der Waals surface area contributed by atoms with E-state index < -0.39 is 0 Å². The van der Waals surface area contributed by atoms with Gasteiger partial charge in [-0.2, -0.15) is 0 Å². The van der Waals surface area contributed by atoms with Gasteiger partial charge in [-0.15, -0.1) is 23.7 Å². The van der Waals surface area contributed by atoms with E-state index in [1.807, 2.05) is 19.2 Å². The molecule has 1 aliphatic rings. The van der Waals surface area contributed by atoms with Crippen LogP contribution < -0.4 is 5.32 Å². The maximum atomic E-state index is 12.0. The van der Waals surface area contributed by atoms with Gasteiger partial charge in [0.25, 0.3) is 0 Å². The SMILES string of the molecule is CN(Cc1ccc(Cl)s1)C(=O)CC1CCNC1.Cl. The summed E-state index contributed by atoms with van der Waals surface area (Å²) in [6, 6.07) is 3.86. The summed E-state index contributed by atoms with van der Waals surface area (Å²) in [5, 5.41) is 3.28. The van der Waals surface area contributed by atoms with Gasteiger partial charge in [0.1, 0.15) is 0 Å². The molecule has 18 heavy (non-hydrogen) atoms. The normalized spacial score (nSPS) is 18.4. The highest BCUT2D eigenvalue weighted by molar-refractivity contribution is 7.16. The first-order chi connectivity index (χ1) is 8.15. The second-order valence-corrected chi connectivity index (χ2v) is 6.32. The molecule has 0 saturated carbocycles. The van der Waals surface area contributed by atoms with Gasteiger partial charge < -0.3 is 10.2 Å². The Bertz CT molecular complexity index is 391. The third-order valence-electron chi connectivity index (χ3n) is 3.07. The lowest BCUT2D eigenvalue weighted by atomic mass is 10.0. The largest absolute Gasteiger partial charge is 0.341 e. The van der Waals surface area contributed by atoms with Gasteiger partial charge in [0.2, 0.25) is 5.91 Å². The first kappa shape index (κ1) is 15.8. The molecule has 0 spiro atoms. The molecule has 2 heterocycles. The van der Waals surface area contributed by atoms with Crippen molar-refractivity contribution in [3.05, 3.63) is 21.3 Å². The van der Waals surface area contributed by atoms with Crippen LogP contribution in [0, 0.1) is 5.92 Å². The Hall–Kier alpha value is -0.290. The minimum Gasteiger partial charge on any atom is -0.341 e. The Morgan fingerprint density at radius 3 is 2.94 bits per heavy atom. The summed E-state index contributed by atoms with van der Waals surface area (Å²) >= 11 is 7.40. The van der Waals surface area contributed by atoms with Gasteiger partial charge in [-0.1, -0.05) is 11.6 Å². The van der Waals surface area contributed by atoms with Gasteiger partial charge in [-0.05, 0) is 37.6 Å². The van der Waals surface area contributed by atoms with Gasteiger partial charge in [0.15, 0.2) is 0 Å². The molecule has 1 amide bonds. The highest BCUT2D eigenvalue weighted by Gasteiger charge is 2.20. The van der Waals surface area contributed by atoms with Gasteiger partial charge >= 0.3 is 0 Å². The molecule has 1 fully saturated rings. The quantitative estimate of drug-likeness (QED) is 0.927. The van der Waals surface area contributed by atoms with E-state index in [9.17, 15) is 4.79 Å². The molecule has 3 nitrogen and oxygen atoms in total. The van der Waals surface area contributed by atoms with E-state index in [1.165, 1.54) is 11.3 Å². The van der Waals surface area contributed by atoms with E-state index in [0.29, 0.717) is 18.9 Å². The van der Waals surface area contributed by atoms with E-state index in [1.54, 1.807) is 4.90 Å². The Morgan fingerprint density at radius 1 is 1.61 bits per heavy atom. The molecule has 1 aliphatic heterocycles. The van der Waals surface area contributed by atoms with Crippen LogP contribution in [0.2, 0.25) is 4.34 Å². The molecular weight excluding hydrogens is 291 g/mol. The minimum absolute atomic E-state index is 0. The van der Waals surface area contributed by atoms with E-state index in [0.717, 1.165) is 28.7 Å². The zero-order valence-electron chi connectivity index (χ0n) is 10.3. The van der Waals surface area contributed by atoms with Gasteiger partial charge in [-0.25, -0.2) is 0 Å². The highest BCUT2D eigenvalue weighted by atomic mass is 35.5. The molecule has 0 radical (unpaired) electrons. The number of hydrogen-bond acceptors (Lipinski definition) is 3. The lowest BCUT2D eigenvalue weighted by Gasteiger charge is -2.18. The Morgan fingerprint density at radius 2 is 2.39 bits per heavy atom. The summed E-state index contributed by atoms with van der Waals surface area (Å²) in [6.07, 6.45) is 1.77. The maximum Gasteiger partial charge on any atom is 0.222 e. The van der Waals surface area contributed by atoms with Gasteiger partial charge in [0, 0.05) is 18.3 Å². The third-order valence-corrected chi connectivity index (χ3v) is 4.29. The summed E-state index contributed by atoms with van der Waals surface area (Å²) in [6.45, 7) is 2.68. The molecule has 1 N–H and O–H groups in total. The zero-order valence-corrected chi connectivity index (χ0v) is 12.7. The van der Waals surface area contributed by atoms with Crippen molar-refractivity contribution in [1.29, 1.82) is 0 Å². The van der Waals surface area contributed by atoms with Gasteiger partial charge in [0.05, 0.1) is 10.9 Å². The summed E-state index contributed by atoms with van der Waals surface area (Å²) in [4.78, 5) is 14.9. The van der Waals surface area contributed by atoms with Crippen molar-refractivity contribution in [2.24, 2.45) is 5.92 Å². The number of carbonyl (C=O) groups excluding carboxylic acids is 1. The number of rotatable bonds is 4. The first-order valence-electron chi connectivity index (χ1n) is 5.84. The predicted octanol–water partition coefficient (Wildman–Crippen LogP) is 2.78. The van der Waals surface area contributed by atoms with Crippen LogP contribution >= 0.6 is 35.3 Å². The maximum absolute atomic E-state index is 12.0. The molecular formula is C12H18Cl2N2OS. The number of nitrogens with zero attached hydrogens (tertiary/aromatic N) is 1. The van der Waals surface area contributed by atoms with Crippen molar-refractivity contribution in [2.75, 3.05) is 20.1 Å². The highest BCUT2D eigenvalue weighted by Crippen LogP contribution is 2.23. The lowest BCUT2D eigenvalue weighted by molar-refractivity contribution is -0.131. The number of halogens is 2. The number of carbonyl (C=O) groups is 1. The fourth-order valence-corrected chi connectivity index (χ4v) is 3.19. The summed E-state index contributed by atoms with van der Waals surface area (Å²) < 4.78 is 0.779. The van der Waals surface area contributed by atoms with Crippen molar-refractivity contribution in [2.45, 2.75) is 19.4 Å². The third kappa shape index (κ3) is 4.43. The Balaban J connectivity index is 0.00000162. The van der Waals surface area contributed by atoms with E-state index >= 15 is 0 Å². The van der Waals surface area contributed by atoms with E-state index in [4.69, 9.17) is 11.6 Å². The minimum atomic E-state index is 0. The molecule has 1 unspecified atom stereocenters. The average molecular weight is 309 g/mol. The Kier molecular flexibility index (Phi) is 6.43. The second kappa shape index (κ2) is 7.34. The molecule has 102 valence electrons. The number of nitrogens with one attached hydrogen (secondary N) is 1. The fraction of sp³-hybridized carbons (Fsp3) is 0.583. The van der Waals surface area contributed by atoms with E-state index in [2.05, 4.69) is 5.32 Å². The molecule has 0 bridgehead atoms. The summed E-state index contributed by atoms with van der Waals surface area (Å²) in [7, 11) is 1.86. The monoisotopic (exact) mass is 308 g/mol. The van der Waals surface area contributed by atoms with Crippen molar-refractivity contribution >= 4 is 41.3 Å². The molecule has 0 aromatic carbocycles. The summed E-state index contributed by atoms with van der Waals surface area (Å²) in [5.41, 5.74) is 0. The summed E-state index contributed by atoms with van der Waals surface area (Å²) in [5.74, 6) is 0.736. The second-order valence-electron chi connectivity index (χ2n) is 4.52. The van der Waals surface area contributed by atoms with Crippen LogP contribution in [0.25, 0.3) is 0 Å². The van der Waals surface area contributed by atoms with Crippen molar-refractivity contribution in [3.8, 4) is 0 Å².